The molecule has 1 unspecified atom stereocenters. The molecule has 132 valence electrons. The number of benzene rings is 1. The van der Waals surface area contributed by atoms with Gasteiger partial charge in [-0.2, -0.15) is 0 Å². The van der Waals surface area contributed by atoms with Crippen molar-refractivity contribution in [3.63, 3.8) is 0 Å². The zero-order valence-corrected chi connectivity index (χ0v) is 14.2. The molecule has 2 amide bonds. The topological polar surface area (TPSA) is 75.7 Å². The number of esters is 1. The minimum Gasteiger partial charge on any atom is -0.469 e. The molecule has 0 spiro atoms. The molecule has 6 nitrogen and oxygen atoms in total. The van der Waals surface area contributed by atoms with Crippen molar-refractivity contribution in [3.05, 3.63) is 35.6 Å². The van der Waals surface area contributed by atoms with Crippen LogP contribution in [0.4, 0.5) is 4.39 Å². The van der Waals surface area contributed by atoms with Gasteiger partial charge in [0.25, 0.3) is 5.91 Å². The summed E-state index contributed by atoms with van der Waals surface area (Å²) in [5.74, 6) is -1.76. The van der Waals surface area contributed by atoms with E-state index in [2.05, 4.69) is 10.1 Å². The van der Waals surface area contributed by atoms with Crippen LogP contribution in [0.3, 0.4) is 0 Å². The molecule has 1 aromatic carbocycles. The molecule has 0 aliphatic heterocycles. The van der Waals surface area contributed by atoms with Crippen molar-refractivity contribution in [2.24, 2.45) is 5.92 Å². The van der Waals surface area contributed by atoms with E-state index in [9.17, 15) is 18.8 Å². The van der Waals surface area contributed by atoms with E-state index in [0.29, 0.717) is 25.1 Å². The number of nitrogens with zero attached hydrogens (tertiary/aromatic N) is 1. The van der Waals surface area contributed by atoms with Gasteiger partial charge < -0.3 is 15.0 Å². The number of hydrogen-bond donors (Lipinski definition) is 1. The zero-order valence-electron chi connectivity index (χ0n) is 14.2. The average molecular weight is 338 g/mol. The Labute approximate surface area is 141 Å². The highest BCUT2D eigenvalue weighted by molar-refractivity contribution is 5.94. The van der Waals surface area contributed by atoms with Crippen LogP contribution in [0.25, 0.3) is 0 Å². The standard InChI is InChI=1S/C17H23FN2O4/c1-12(17(23)24-3)11-20(10-4-9-19-13(2)21)16(22)14-5-7-15(18)8-6-14/h5-8,12H,4,9-11H2,1-3H3,(H,19,21). The summed E-state index contributed by atoms with van der Waals surface area (Å²) in [7, 11) is 1.29. The highest BCUT2D eigenvalue weighted by Gasteiger charge is 2.22. The van der Waals surface area contributed by atoms with E-state index in [1.807, 2.05) is 0 Å². The van der Waals surface area contributed by atoms with E-state index in [1.54, 1.807) is 6.92 Å². The number of methoxy groups -OCH3 is 1. The minimum atomic E-state index is -0.486. The Bertz CT molecular complexity index is 574. The molecule has 0 saturated carbocycles. The maximum atomic E-state index is 13.0. The average Bonchev–Trinajstić information content (AvgIpc) is 2.56. The Hall–Kier alpha value is -2.44. The molecule has 0 aliphatic carbocycles. The van der Waals surface area contributed by atoms with Crippen LogP contribution in [-0.4, -0.2) is 49.4 Å². The number of nitrogens with one attached hydrogen (secondary N) is 1. The molecule has 1 rings (SSSR count). The molecule has 24 heavy (non-hydrogen) atoms. The monoisotopic (exact) mass is 338 g/mol. The Morgan fingerprint density at radius 3 is 2.42 bits per heavy atom. The van der Waals surface area contributed by atoms with Gasteiger partial charge in [0.1, 0.15) is 5.82 Å². The first kappa shape index (κ1) is 19.6. The molecular formula is C17H23FN2O4. The fourth-order valence-electron chi connectivity index (χ4n) is 2.19. The number of amides is 2. The van der Waals surface area contributed by atoms with Crippen LogP contribution in [-0.2, 0) is 14.3 Å². The van der Waals surface area contributed by atoms with Gasteiger partial charge in [-0.15, -0.1) is 0 Å². The fraction of sp³-hybridized carbons (Fsp3) is 0.471. The first-order valence-corrected chi connectivity index (χ1v) is 7.72. The molecule has 0 radical (unpaired) electrons. The Balaban J connectivity index is 2.78. The van der Waals surface area contributed by atoms with Crippen molar-refractivity contribution in [1.29, 1.82) is 0 Å². The van der Waals surface area contributed by atoms with Crippen LogP contribution in [0.1, 0.15) is 30.6 Å². The van der Waals surface area contributed by atoms with Crippen molar-refractivity contribution in [1.82, 2.24) is 10.2 Å². The first-order valence-electron chi connectivity index (χ1n) is 7.72. The summed E-state index contributed by atoms with van der Waals surface area (Å²) in [4.78, 5) is 36.6. The van der Waals surface area contributed by atoms with Gasteiger partial charge in [0.2, 0.25) is 5.91 Å². The normalized spacial score (nSPS) is 11.5. The highest BCUT2D eigenvalue weighted by atomic mass is 19.1. The molecule has 1 N–H and O–H groups in total. The SMILES string of the molecule is COC(=O)C(C)CN(CCCNC(C)=O)C(=O)c1ccc(F)cc1. The van der Waals surface area contributed by atoms with Crippen LogP contribution >= 0.6 is 0 Å². The molecule has 1 atom stereocenters. The molecule has 0 bridgehead atoms. The summed E-state index contributed by atoms with van der Waals surface area (Å²) >= 11 is 0. The zero-order chi connectivity index (χ0) is 18.1. The third kappa shape index (κ3) is 6.36. The third-order valence-electron chi connectivity index (χ3n) is 3.45. The van der Waals surface area contributed by atoms with E-state index in [4.69, 9.17) is 0 Å². The van der Waals surface area contributed by atoms with E-state index in [0.717, 1.165) is 0 Å². The summed E-state index contributed by atoms with van der Waals surface area (Å²) in [5.41, 5.74) is 0.341. The van der Waals surface area contributed by atoms with Gasteiger partial charge in [-0.05, 0) is 30.7 Å². The van der Waals surface area contributed by atoms with Gasteiger partial charge in [0, 0.05) is 32.1 Å². The van der Waals surface area contributed by atoms with Gasteiger partial charge in [0.15, 0.2) is 0 Å². The molecule has 0 fully saturated rings. The predicted octanol–water partition coefficient (Wildman–Crippen LogP) is 1.60. The summed E-state index contributed by atoms with van der Waals surface area (Å²) < 4.78 is 17.7. The van der Waals surface area contributed by atoms with Crippen molar-refractivity contribution in [2.45, 2.75) is 20.3 Å². The lowest BCUT2D eigenvalue weighted by Crippen LogP contribution is -2.39. The summed E-state index contributed by atoms with van der Waals surface area (Å²) in [5, 5.41) is 2.66. The Morgan fingerprint density at radius 1 is 1.25 bits per heavy atom. The summed E-state index contributed by atoms with van der Waals surface area (Å²) in [6, 6.07) is 5.24. The van der Waals surface area contributed by atoms with Gasteiger partial charge in [0.05, 0.1) is 13.0 Å². The second-order valence-electron chi connectivity index (χ2n) is 5.52. The van der Waals surface area contributed by atoms with Gasteiger partial charge in [-0.3, -0.25) is 14.4 Å². The van der Waals surface area contributed by atoms with Crippen LogP contribution in [0.2, 0.25) is 0 Å². The van der Waals surface area contributed by atoms with E-state index >= 15 is 0 Å². The molecule has 7 heteroatoms. The maximum absolute atomic E-state index is 13.0. The highest BCUT2D eigenvalue weighted by Crippen LogP contribution is 2.11. The molecule has 0 aliphatic rings. The van der Waals surface area contributed by atoms with Crippen LogP contribution in [0.15, 0.2) is 24.3 Å². The number of ether oxygens (including phenoxy) is 1. The summed E-state index contributed by atoms with van der Waals surface area (Å²) in [6.07, 6.45) is 0.542. The van der Waals surface area contributed by atoms with Crippen LogP contribution < -0.4 is 5.32 Å². The number of hydrogen-bond acceptors (Lipinski definition) is 4. The van der Waals surface area contributed by atoms with Gasteiger partial charge in [-0.1, -0.05) is 6.92 Å². The second kappa shape index (κ2) is 9.64. The van der Waals surface area contributed by atoms with E-state index in [-0.39, 0.29) is 18.4 Å². The molecule has 0 aromatic heterocycles. The second-order valence-corrected chi connectivity index (χ2v) is 5.52. The Kier molecular flexibility index (Phi) is 7.88. The smallest absolute Gasteiger partial charge is 0.310 e. The summed E-state index contributed by atoms with van der Waals surface area (Å²) in [6.45, 7) is 4.06. The first-order chi connectivity index (χ1) is 11.3. The van der Waals surface area contributed by atoms with Crippen molar-refractivity contribution in [3.8, 4) is 0 Å². The molecule has 0 heterocycles. The van der Waals surface area contributed by atoms with E-state index in [1.165, 1.54) is 43.2 Å². The van der Waals surface area contributed by atoms with Crippen LogP contribution in [0, 0.1) is 11.7 Å². The minimum absolute atomic E-state index is 0.144. The maximum Gasteiger partial charge on any atom is 0.310 e. The Morgan fingerprint density at radius 2 is 1.88 bits per heavy atom. The van der Waals surface area contributed by atoms with Crippen LogP contribution in [0.5, 0.6) is 0 Å². The van der Waals surface area contributed by atoms with Crippen molar-refractivity contribution >= 4 is 17.8 Å². The number of carbonyl (C=O) groups excluding carboxylic acids is 3. The largest absolute Gasteiger partial charge is 0.469 e. The van der Waals surface area contributed by atoms with Gasteiger partial charge in [-0.25, -0.2) is 4.39 Å². The lowest BCUT2D eigenvalue weighted by atomic mass is 10.1. The number of rotatable bonds is 8. The predicted molar refractivity (Wildman–Crippen MR) is 86.8 cm³/mol. The molecular weight excluding hydrogens is 315 g/mol. The lowest BCUT2D eigenvalue weighted by molar-refractivity contribution is -0.145. The van der Waals surface area contributed by atoms with E-state index < -0.39 is 17.7 Å². The number of carbonyl (C=O) groups is 3. The fourth-order valence-corrected chi connectivity index (χ4v) is 2.19. The van der Waals surface area contributed by atoms with Crippen molar-refractivity contribution < 1.29 is 23.5 Å². The van der Waals surface area contributed by atoms with Crippen molar-refractivity contribution in [2.75, 3.05) is 26.7 Å². The molecule has 0 saturated heterocycles. The number of halogens is 1. The van der Waals surface area contributed by atoms with Gasteiger partial charge >= 0.3 is 5.97 Å². The third-order valence-corrected chi connectivity index (χ3v) is 3.45. The lowest BCUT2D eigenvalue weighted by Gasteiger charge is -2.25. The molecule has 1 aromatic rings. The quantitative estimate of drug-likeness (QED) is 0.577.